The summed E-state index contributed by atoms with van der Waals surface area (Å²) < 4.78 is 6.70. The van der Waals surface area contributed by atoms with Crippen LogP contribution in [-0.4, -0.2) is 0 Å². The van der Waals surface area contributed by atoms with Crippen LogP contribution < -0.4 is 4.90 Å². The second-order valence-electron chi connectivity index (χ2n) is 17.0. The number of para-hydroxylation sites is 4. The first kappa shape index (κ1) is 36.4. The van der Waals surface area contributed by atoms with Gasteiger partial charge in [-0.15, -0.1) is 0 Å². The minimum absolute atomic E-state index is 0.571. The Kier molecular flexibility index (Phi) is 8.96. The van der Waals surface area contributed by atoms with Crippen LogP contribution in [0.15, 0.2) is 211 Å². The Morgan fingerprint density at radius 2 is 0.952 bits per heavy atom. The second-order valence-corrected chi connectivity index (χ2v) is 17.0. The molecule has 1 aliphatic rings. The number of benzene rings is 10. The van der Waals surface area contributed by atoms with Crippen molar-refractivity contribution in [3.63, 3.8) is 0 Å². The summed E-state index contributed by atoms with van der Waals surface area (Å²) in [4.78, 5) is 2.48. The Morgan fingerprint density at radius 1 is 0.371 bits per heavy atom. The summed E-state index contributed by atoms with van der Waals surface area (Å²) in [6, 6.07) is 75.8. The van der Waals surface area contributed by atoms with Gasteiger partial charge in [0, 0.05) is 33.2 Å². The number of fused-ring (bicyclic) bond motifs is 7. The van der Waals surface area contributed by atoms with Crippen LogP contribution in [0.4, 0.5) is 17.1 Å². The topological polar surface area (TPSA) is 16.4 Å². The molecule has 2 nitrogen and oxygen atoms in total. The zero-order valence-electron chi connectivity index (χ0n) is 34.6. The first-order valence-electron chi connectivity index (χ1n) is 22.2. The van der Waals surface area contributed by atoms with E-state index >= 15 is 0 Å². The van der Waals surface area contributed by atoms with Crippen molar-refractivity contribution in [1.82, 2.24) is 0 Å². The number of anilines is 3. The summed E-state index contributed by atoms with van der Waals surface area (Å²) in [5.74, 6) is 0.571. The smallest absolute Gasteiger partial charge is 0.143 e. The van der Waals surface area contributed by atoms with E-state index < -0.39 is 0 Å². The summed E-state index contributed by atoms with van der Waals surface area (Å²) in [5.41, 5.74) is 13.7. The number of nitrogens with zero attached hydrogens (tertiary/aromatic N) is 1. The van der Waals surface area contributed by atoms with E-state index in [-0.39, 0.29) is 0 Å². The van der Waals surface area contributed by atoms with E-state index in [1.54, 1.807) is 0 Å². The number of hydrogen-bond donors (Lipinski definition) is 0. The quantitative estimate of drug-likeness (QED) is 0.149. The third-order valence-electron chi connectivity index (χ3n) is 13.5. The highest BCUT2D eigenvalue weighted by Crippen LogP contribution is 2.49. The van der Waals surface area contributed by atoms with E-state index in [4.69, 9.17) is 4.42 Å². The van der Waals surface area contributed by atoms with Crippen LogP contribution in [-0.2, 0) is 0 Å². The third kappa shape index (κ3) is 6.09. The summed E-state index contributed by atoms with van der Waals surface area (Å²) in [7, 11) is 0. The molecule has 11 aromatic rings. The molecule has 0 bridgehead atoms. The van der Waals surface area contributed by atoms with Crippen LogP contribution in [0, 0.1) is 0 Å². The highest BCUT2D eigenvalue weighted by atomic mass is 16.3. The van der Waals surface area contributed by atoms with Gasteiger partial charge < -0.3 is 9.32 Å². The number of furan rings is 1. The van der Waals surface area contributed by atoms with Crippen molar-refractivity contribution in [1.29, 1.82) is 0 Å². The van der Waals surface area contributed by atoms with Crippen LogP contribution in [0.3, 0.4) is 0 Å². The maximum Gasteiger partial charge on any atom is 0.143 e. The normalized spacial score (nSPS) is 13.4. The Bertz CT molecular complexity index is 3450. The highest BCUT2D eigenvalue weighted by Gasteiger charge is 2.25. The third-order valence-corrected chi connectivity index (χ3v) is 13.5. The van der Waals surface area contributed by atoms with Crippen LogP contribution in [0.5, 0.6) is 0 Å². The maximum atomic E-state index is 6.70. The molecule has 0 unspecified atom stereocenters. The molecule has 0 saturated heterocycles. The van der Waals surface area contributed by atoms with Crippen molar-refractivity contribution >= 4 is 71.3 Å². The van der Waals surface area contributed by atoms with E-state index in [1.807, 2.05) is 6.07 Å². The largest absolute Gasteiger partial charge is 0.455 e. The number of hydrogen-bond acceptors (Lipinski definition) is 2. The predicted molar refractivity (Wildman–Crippen MR) is 263 cm³/mol. The van der Waals surface area contributed by atoms with Gasteiger partial charge in [-0.2, -0.15) is 0 Å². The van der Waals surface area contributed by atoms with Crippen LogP contribution in [0.25, 0.3) is 87.6 Å². The molecule has 0 radical (unpaired) electrons. The first-order chi connectivity index (χ1) is 30.8. The fourth-order valence-electron chi connectivity index (χ4n) is 10.6. The lowest BCUT2D eigenvalue weighted by molar-refractivity contribution is 0.445. The first-order valence-corrected chi connectivity index (χ1v) is 22.2. The van der Waals surface area contributed by atoms with Gasteiger partial charge in [-0.25, -0.2) is 0 Å². The van der Waals surface area contributed by atoms with Gasteiger partial charge >= 0.3 is 0 Å². The van der Waals surface area contributed by atoms with Crippen LogP contribution in [0.2, 0.25) is 0 Å². The monoisotopic (exact) mass is 795 g/mol. The minimum atomic E-state index is 0.571. The predicted octanol–water partition coefficient (Wildman–Crippen LogP) is 17.6. The second kappa shape index (κ2) is 15.2. The molecule has 0 atom stereocenters. The van der Waals surface area contributed by atoms with Gasteiger partial charge in [0.05, 0.1) is 11.4 Å². The Balaban J connectivity index is 1.08. The molecule has 0 spiro atoms. The van der Waals surface area contributed by atoms with E-state index in [0.29, 0.717) is 5.92 Å². The van der Waals surface area contributed by atoms with Gasteiger partial charge in [-0.3, -0.25) is 0 Å². The molecule has 0 N–H and O–H groups in total. The van der Waals surface area contributed by atoms with Crippen molar-refractivity contribution in [2.45, 2.75) is 38.0 Å². The van der Waals surface area contributed by atoms with Crippen molar-refractivity contribution in [2.75, 3.05) is 4.90 Å². The van der Waals surface area contributed by atoms with Crippen molar-refractivity contribution in [2.24, 2.45) is 0 Å². The minimum Gasteiger partial charge on any atom is -0.455 e. The SMILES string of the molecule is c1ccc(N(c2ccc(-c3cccc4c3ccc3ccccc34)cc2)c2ccccc2-c2cccc3cccc(C4CCCCC4)c23)c(-c2cccc3c2oc2ccccc23)c1. The zero-order chi connectivity index (χ0) is 41.0. The fraction of sp³-hybridized carbons (Fsp3) is 0.100. The van der Waals surface area contributed by atoms with Gasteiger partial charge in [0.25, 0.3) is 0 Å². The summed E-state index contributed by atoms with van der Waals surface area (Å²) in [5, 5.41) is 10.0. The maximum absolute atomic E-state index is 6.70. The molecule has 1 aliphatic carbocycles. The van der Waals surface area contributed by atoms with E-state index in [9.17, 15) is 0 Å². The molecule has 1 saturated carbocycles. The van der Waals surface area contributed by atoms with Crippen molar-refractivity contribution in [3.8, 4) is 33.4 Å². The lowest BCUT2D eigenvalue weighted by atomic mass is 9.80. The molecular formula is C60H45NO. The summed E-state index contributed by atoms with van der Waals surface area (Å²) in [6.45, 7) is 0. The highest BCUT2D eigenvalue weighted by molar-refractivity contribution is 6.13. The molecule has 0 amide bonds. The molecule has 2 heteroatoms. The van der Waals surface area contributed by atoms with Crippen molar-refractivity contribution in [3.05, 3.63) is 212 Å². The van der Waals surface area contributed by atoms with Gasteiger partial charge in [-0.05, 0) is 104 Å². The Hall–Kier alpha value is -7.42. The molecule has 1 fully saturated rings. The number of rotatable bonds is 7. The van der Waals surface area contributed by atoms with E-state index in [1.165, 1.54) is 92.2 Å². The van der Waals surface area contributed by atoms with E-state index in [2.05, 4.69) is 205 Å². The van der Waals surface area contributed by atoms with Gasteiger partial charge in [-0.1, -0.05) is 195 Å². The Morgan fingerprint density at radius 3 is 1.76 bits per heavy atom. The Labute approximate surface area is 362 Å². The lowest BCUT2D eigenvalue weighted by Crippen LogP contribution is -2.12. The molecule has 10 aromatic carbocycles. The average molecular weight is 796 g/mol. The molecule has 62 heavy (non-hydrogen) atoms. The summed E-state index contributed by atoms with van der Waals surface area (Å²) >= 11 is 0. The molecule has 12 rings (SSSR count). The molecule has 1 aromatic heterocycles. The fourth-order valence-corrected chi connectivity index (χ4v) is 10.6. The molecular weight excluding hydrogens is 751 g/mol. The van der Waals surface area contributed by atoms with E-state index in [0.717, 1.165) is 50.1 Å². The van der Waals surface area contributed by atoms with Crippen LogP contribution >= 0.6 is 0 Å². The van der Waals surface area contributed by atoms with Gasteiger partial charge in [0.15, 0.2) is 0 Å². The molecule has 1 heterocycles. The lowest BCUT2D eigenvalue weighted by Gasteiger charge is -2.31. The molecule has 296 valence electrons. The summed E-state index contributed by atoms with van der Waals surface area (Å²) in [6.07, 6.45) is 6.44. The van der Waals surface area contributed by atoms with Crippen molar-refractivity contribution < 1.29 is 4.42 Å². The van der Waals surface area contributed by atoms with Gasteiger partial charge in [0.1, 0.15) is 11.2 Å². The zero-order valence-corrected chi connectivity index (χ0v) is 34.6. The molecule has 0 aliphatic heterocycles. The average Bonchev–Trinajstić information content (AvgIpc) is 3.73. The standard InChI is InChI=1S/C60H45NO/c1-2-16-40(17-3-1)47-26-12-19-43-20-13-28-53(59(43)47)50-22-6-9-31-56(50)61(57-32-10-7-23-51(57)54-29-15-30-55-52-24-8-11-33-58(52)62-60(54)55)44-37-34-42(35-38-44)46-25-14-27-48-45-21-5-4-18-41(45)36-39-49(46)48/h4-15,18-40H,1-3,16-17H2. The van der Waals surface area contributed by atoms with Gasteiger partial charge in [0.2, 0.25) is 0 Å². The van der Waals surface area contributed by atoms with Crippen LogP contribution in [0.1, 0.15) is 43.6 Å².